The summed E-state index contributed by atoms with van der Waals surface area (Å²) in [6, 6.07) is 14.8. The van der Waals surface area contributed by atoms with E-state index in [1.54, 1.807) is 24.4 Å². The molecule has 1 N–H and O–H groups in total. The maximum Gasteiger partial charge on any atom is 0.337 e. The Hall–Kier alpha value is -3.41. The Morgan fingerprint density at radius 1 is 1.14 bits per heavy atom. The van der Waals surface area contributed by atoms with Gasteiger partial charge >= 0.3 is 5.97 Å². The number of aromatic nitrogens is 1. The second kappa shape index (κ2) is 8.99. The van der Waals surface area contributed by atoms with Gasteiger partial charge in [-0.25, -0.2) is 9.78 Å². The SMILES string of the molecule is COC(=O)c1ccc(C)c(NC(=O)CCCc2ncc(-c3ccccc3)o2)c1. The molecule has 0 saturated heterocycles. The van der Waals surface area contributed by atoms with Gasteiger partial charge in [0.05, 0.1) is 18.9 Å². The summed E-state index contributed by atoms with van der Waals surface area (Å²) >= 11 is 0. The first kappa shape index (κ1) is 19.4. The highest BCUT2D eigenvalue weighted by molar-refractivity contribution is 5.95. The van der Waals surface area contributed by atoms with Gasteiger partial charge in [-0.1, -0.05) is 36.4 Å². The smallest absolute Gasteiger partial charge is 0.337 e. The third-order valence-electron chi connectivity index (χ3n) is 4.34. The molecule has 0 saturated carbocycles. The van der Waals surface area contributed by atoms with Crippen LogP contribution < -0.4 is 5.32 Å². The number of benzene rings is 2. The Morgan fingerprint density at radius 3 is 2.68 bits per heavy atom. The van der Waals surface area contributed by atoms with E-state index in [4.69, 9.17) is 9.15 Å². The molecule has 144 valence electrons. The summed E-state index contributed by atoms with van der Waals surface area (Å²) in [6.07, 6.45) is 3.20. The van der Waals surface area contributed by atoms with Crippen molar-refractivity contribution in [2.24, 2.45) is 0 Å². The van der Waals surface area contributed by atoms with Gasteiger partial charge in [0.25, 0.3) is 0 Å². The van der Waals surface area contributed by atoms with Gasteiger partial charge in [-0.2, -0.15) is 0 Å². The lowest BCUT2D eigenvalue weighted by atomic mass is 10.1. The van der Waals surface area contributed by atoms with Gasteiger partial charge in [-0.3, -0.25) is 4.79 Å². The number of nitrogens with zero attached hydrogens (tertiary/aromatic N) is 1. The number of hydrogen-bond acceptors (Lipinski definition) is 5. The van der Waals surface area contributed by atoms with Crippen molar-refractivity contribution in [1.82, 2.24) is 4.98 Å². The maximum absolute atomic E-state index is 12.3. The topological polar surface area (TPSA) is 81.4 Å². The Bertz CT molecular complexity index is 964. The maximum atomic E-state index is 12.3. The number of carbonyl (C=O) groups excluding carboxylic acids is 2. The van der Waals surface area contributed by atoms with Crippen molar-refractivity contribution < 1.29 is 18.7 Å². The highest BCUT2D eigenvalue weighted by atomic mass is 16.5. The van der Waals surface area contributed by atoms with E-state index in [1.165, 1.54) is 7.11 Å². The van der Waals surface area contributed by atoms with Gasteiger partial charge in [-0.15, -0.1) is 0 Å². The number of carbonyl (C=O) groups is 2. The summed E-state index contributed by atoms with van der Waals surface area (Å²) in [5, 5.41) is 2.85. The van der Waals surface area contributed by atoms with E-state index in [2.05, 4.69) is 10.3 Å². The zero-order valence-corrected chi connectivity index (χ0v) is 15.9. The fourth-order valence-electron chi connectivity index (χ4n) is 2.78. The minimum Gasteiger partial charge on any atom is -0.465 e. The van der Waals surface area contributed by atoms with E-state index in [-0.39, 0.29) is 5.91 Å². The van der Waals surface area contributed by atoms with E-state index in [0.29, 0.717) is 36.4 Å². The van der Waals surface area contributed by atoms with E-state index >= 15 is 0 Å². The van der Waals surface area contributed by atoms with Crippen LogP contribution in [0.4, 0.5) is 5.69 Å². The molecule has 0 atom stereocenters. The molecule has 2 aromatic carbocycles. The second-order valence-electron chi connectivity index (χ2n) is 6.41. The average molecular weight is 378 g/mol. The molecule has 0 bridgehead atoms. The van der Waals surface area contributed by atoms with Gasteiger partial charge in [0, 0.05) is 24.1 Å². The molecule has 1 heterocycles. The van der Waals surface area contributed by atoms with Gasteiger partial charge in [0.15, 0.2) is 11.7 Å². The van der Waals surface area contributed by atoms with E-state index in [0.717, 1.165) is 16.9 Å². The summed E-state index contributed by atoms with van der Waals surface area (Å²) in [7, 11) is 1.33. The number of nitrogens with one attached hydrogen (secondary N) is 1. The Kier molecular flexibility index (Phi) is 6.22. The van der Waals surface area contributed by atoms with Crippen LogP contribution in [0.1, 0.15) is 34.7 Å². The fraction of sp³-hybridized carbons (Fsp3) is 0.227. The van der Waals surface area contributed by atoms with Crippen LogP contribution in [-0.4, -0.2) is 24.0 Å². The molecular formula is C22H22N2O4. The number of hydrogen-bond donors (Lipinski definition) is 1. The van der Waals surface area contributed by atoms with Crippen LogP contribution in [0.15, 0.2) is 59.1 Å². The number of amides is 1. The minimum absolute atomic E-state index is 0.125. The quantitative estimate of drug-likeness (QED) is 0.616. The van der Waals surface area contributed by atoms with Crippen molar-refractivity contribution in [1.29, 1.82) is 0 Å². The minimum atomic E-state index is -0.436. The van der Waals surface area contributed by atoms with E-state index in [9.17, 15) is 9.59 Å². The lowest BCUT2D eigenvalue weighted by Gasteiger charge is -2.10. The van der Waals surface area contributed by atoms with Crippen LogP contribution in [0.3, 0.4) is 0 Å². The Morgan fingerprint density at radius 2 is 1.93 bits per heavy atom. The molecule has 3 rings (SSSR count). The monoisotopic (exact) mass is 378 g/mol. The van der Waals surface area contributed by atoms with Crippen LogP contribution in [0.2, 0.25) is 0 Å². The van der Waals surface area contributed by atoms with Gasteiger partial charge in [0.2, 0.25) is 5.91 Å². The van der Waals surface area contributed by atoms with Gasteiger partial charge in [-0.05, 0) is 31.0 Å². The molecule has 6 nitrogen and oxygen atoms in total. The average Bonchev–Trinajstić information content (AvgIpc) is 3.18. The summed E-state index contributed by atoms with van der Waals surface area (Å²) in [5.41, 5.74) is 2.85. The lowest BCUT2D eigenvalue weighted by molar-refractivity contribution is -0.116. The van der Waals surface area contributed by atoms with Crippen molar-refractivity contribution in [3.8, 4) is 11.3 Å². The first-order valence-corrected chi connectivity index (χ1v) is 9.06. The number of anilines is 1. The standard InChI is InChI=1S/C22H22N2O4/c1-15-11-12-17(22(26)27-2)13-18(15)24-20(25)9-6-10-21-23-14-19(28-21)16-7-4-3-5-8-16/h3-5,7-8,11-14H,6,9-10H2,1-2H3,(H,24,25). The first-order chi connectivity index (χ1) is 13.6. The molecule has 0 fully saturated rings. The third kappa shape index (κ3) is 4.85. The predicted octanol–water partition coefficient (Wildman–Crippen LogP) is 4.40. The van der Waals surface area contributed by atoms with Crippen molar-refractivity contribution in [2.45, 2.75) is 26.2 Å². The normalized spacial score (nSPS) is 10.5. The van der Waals surface area contributed by atoms with Crippen molar-refractivity contribution in [3.05, 3.63) is 71.7 Å². The molecule has 28 heavy (non-hydrogen) atoms. The second-order valence-corrected chi connectivity index (χ2v) is 6.41. The summed E-state index contributed by atoms with van der Waals surface area (Å²) in [5.74, 6) is 0.763. The predicted molar refractivity (Wildman–Crippen MR) is 106 cm³/mol. The van der Waals surface area contributed by atoms with E-state index in [1.807, 2.05) is 37.3 Å². The van der Waals surface area contributed by atoms with Crippen LogP contribution >= 0.6 is 0 Å². The van der Waals surface area contributed by atoms with Crippen molar-refractivity contribution >= 4 is 17.6 Å². The van der Waals surface area contributed by atoms with Crippen LogP contribution in [-0.2, 0) is 16.0 Å². The number of ether oxygens (including phenoxy) is 1. The number of esters is 1. The molecule has 0 aliphatic rings. The molecule has 1 amide bonds. The highest BCUT2D eigenvalue weighted by Gasteiger charge is 2.11. The van der Waals surface area contributed by atoms with Gasteiger partial charge in [0.1, 0.15) is 0 Å². The molecule has 0 aliphatic heterocycles. The lowest BCUT2D eigenvalue weighted by Crippen LogP contribution is -2.13. The number of aryl methyl sites for hydroxylation is 2. The van der Waals surface area contributed by atoms with Crippen molar-refractivity contribution in [3.63, 3.8) is 0 Å². The zero-order chi connectivity index (χ0) is 19.9. The number of rotatable bonds is 7. The van der Waals surface area contributed by atoms with Crippen LogP contribution in [0.5, 0.6) is 0 Å². The Balaban J connectivity index is 1.53. The third-order valence-corrected chi connectivity index (χ3v) is 4.34. The van der Waals surface area contributed by atoms with Crippen LogP contribution in [0.25, 0.3) is 11.3 Å². The molecule has 3 aromatic rings. The number of oxazole rings is 1. The fourth-order valence-corrected chi connectivity index (χ4v) is 2.78. The molecule has 1 aromatic heterocycles. The molecular weight excluding hydrogens is 356 g/mol. The summed E-state index contributed by atoms with van der Waals surface area (Å²) < 4.78 is 10.5. The molecule has 0 radical (unpaired) electrons. The molecule has 0 unspecified atom stereocenters. The van der Waals surface area contributed by atoms with Crippen molar-refractivity contribution in [2.75, 3.05) is 12.4 Å². The zero-order valence-electron chi connectivity index (χ0n) is 15.9. The summed E-state index contributed by atoms with van der Waals surface area (Å²) in [4.78, 5) is 28.2. The Labute approximate surface area is 163 Å². The largest absolute Gasteiger partial charge is 0.465 e. The molecule has 6 heteroatoms. The molecule has 0 aliphatic carbocycles. The number of methoxy groups -OCH3 is 1. The van der Waals surface area contributed by atoms with E-state index < -0.39 is 5.97 Å². The summed E-state index contributed by atoms with van der Waals surface area (Å²) in [6.45, 7) is 1.87. The molecule has 0 spiro atoms. The first-order valence-electron chi connectivity index (χ1n) is 9.06. The van der Waals surface area contributed by atoms with Crippen LogP contribution in [0, 0.1) is 6.92 Å². The van der Waals surface area contributed by atoms with Gasteiger partial charge < -0.3 is 14.5 Å². The highest BCUT2D eigenvalue weighted by Crippen LogP contribution is 2.21.